The Morgan fingerprint density at radius 3 is 1.58 bits per heavy atom. The standard InChI is InChI=1S/C24H32N8O2.C15H21N5O2.C9H11N3O/c1-16-13-30(15-21-25-10-18(11-26-21)31-6-2-3-7-31)14-19(16)22-28-24(33)20-12-27-23(32(20)29-22)17-4-8-34-9-5-17;1-9-6-16-7-11(9)13-18-15(21)12-8-17-14(20(12)19-13)10-2-4-22-5-3-10;13-7-9-10-5-8(6-11-9)12-3-1-2-4-12/h10-12,16-17,19H,2-9,13-15H2,1H3,(H,28,29,33);8-11,16H,2-7H2,1H3,(H,18,19,21);5-7H,1-4H2. The van der Waals surface area contributed by atoms with Crippen LogP contribution in [0, 0.1) is 11.8 Å². The first-order valence-electron chi connectivity index (χ1n) is 24.9. The summed E-state index contributed by atoms with van der Waals surface area (Å²) in [5.74, 6) is 6.18. The fourth-order valence-electron chi connectivity index (χ4n) is 10.7. The van der Waals surface area contributed by atoms with Crippen molar-refractivity contribution in [3.05, 3.63) is 92.8 Å². The number of nitrogens with zero attached hydrogens (tertiary/aromatic N) is 13. The van der Waals surface area contributed by atoms with Gasteiger partial charge in [0.05, 0.1) is 55.1 Å². The van der Waals surface area contributed by atoms with Crippen LogP contribution in [0.5, 0.6) is 0 Å². The Labute approximate surface area is 399 Å². The maximum atomic E-state index is 12.9. The third-order valence-corrected chi connectivity index (χ3v) is 14.7. The molecule has 366 valence electrons. The second kappa shape index (κ2) is 21.3. The van der Waals surface area contributed by atoms with Crippen molar-refractivity contribution in [2.45, 2.75) is 95.4 Å². The average Bonchev–Trinajstić information content (AvgIpc) is 4.26. The number of rotatable bonds is 9. The van der Waals surface area contributed by atoms with Gasteiger partial charge in [0.15, 0.2) is 23.1 Å². The first kappa shape index (κ1) is 46.7. The van der Waals surface area contributed by atoms with E-state index in [4.69, 9.17) is 19.7 Å². The van der Waals surface area contributed by atoms with Crippen LogP contribution in [0.1, 0.15) is 129 Å². The molecule has 12 rings (SSSR count). The summed E-state index contributed by atoms with van der Waals surface area (Å²) in [6.45, 7) is 15.9. The largest absolute Gasteiger partial charge is 0.381 e. The van der Waals surface area contributed by atoms with Crippen molar-refractivity contribution in [3.8, 4) is 0 Å². The molecule has 6 aromatic rings. The van der Waals surface area contributed by atoms with E-state index < -0.39 is 0 Å². The van der Waals surface area contributed by atoms with Gasteiger partial charge in [-0.1, -0.05) is 13.8 Å². The van der Waals surface area contributed by atoms with Crippen molar-refractivity contribution in [1.29, 1.82) is 0 Å². The molecule has 21 heteroatoms. The zero-order chi connectivity index (χ0) is 47.3. The predicted molar refractivity (Wildman–Crippen MR) is 257 cm³/mol. The second-order valence-electron chi connectivity index (χ2n) is 19.5. The van der Waals surface area contributed by atoms with Gasteiger partial charge in [0, 0.05) is 95.9 Å². The normalized spacial score (nSPS) is 23.6. The Morgan fingerprint density at radius 1 is 0.609 bits per heavy atom. The summed E-state index contributed by atoms with van der Waals surface area (Å²) >= 11 is 0. The number of ether oxygens (including phenoxy) is 2. The van der Waals surface area contributed by atoms with Gasteiger partial charge >= 0.3 is 0 Å². The van der Waals surface area contributed by atoms with E-state index in [1.165, 1.54) is 25.7 Å². The highest BCUT2D eigenvalue weighted by Gasteiger charge is 2.34. The summed E-state index contributed by atoms with van der Waals surface area (Å²) in [4.78, 5) is 74.6. The molecule has 69 heavy (non-hydrogen) atoms. The lowest BCUT2D eigenvalue weighted by Gasteiger charge is -2.21. The average molecular weight is 945 g/mol. The van der Waals surface area contributed by atoms with Gasteiger partial charge in [-0.25, -0.2) is 38.9 Å². The van der Waals surface area contributed by atoms with Crippen LogP contribution in [0.15, 0.2) is 46.8 Å². The maximum absolute atomic E-state index is 12.9. The molecule has 6 saturated heterocycles. The number of aromatic amines is 2. The molecular formula is C48H64N16O5. The van der Waals surface area contributed by atoms with Crippen LogP contribution in [0.2, 0.25) is 0 Å². The smallest absolute Gasteiger partial charge is 0.276 e. The topological polar surface area (TPSA) is 235 Å². The summed E-state index contributed by atoms with van der Waals surface area (Å²) in [6, 6.07) is 0. The van der Waals surface area contributed by atoms with E-state index in [9.17, 15) is 14.4 Å². The van der Waals surface area contributed by atoms with E-state index in [-0.39, 0.29) is 34.7 Å². The molecule has 6 fully saturated rings. The third kappa shape index (κ3) is 10.5. The summed E-state index contributed by atoms with van der Waals surface area (Å²) in [7, 11) is 0. The highest BCUT2D eigenvalue weighted by Crippen LogP contribution is 2.32. The van der Waals surface area contributed by atoms with E-state index in [0.29, 0.717) is 41.6 Å². The molecule has 0 aliphatic carbocycles. The van der Waals surface area contributed by atoms with E-state index in [1.54, 1.807) is 33.8 Å². The predicted octanol–water partition coefficient (Wildman–Crippen LogP) is 3.46. The Bertz CT molecular complexity index is 2770. The van der Waals surface area contributed by atoms with Gasteiger partial charge in [0.2, 0.25) is 0 Å². The van der Waals surface area contributed by atoms with Crippen LogP contribution in [0.3, 0.4) is 0 Å². The zero-order valence-electron chi connectivity index (χ0n) is 39.7. The van der Waals surface area contributed by atoms with Crippen molar-refractivity contribution in [1.82, 2.24) is 69.3 Å². The Hall–Kier alpha value is -6.03. The van der Waals surface area contributed by atoms with Gasteiger partial charge in [-0.15, -0.1) is 0 Å². The molecule has 0 saturated carbocycles. The van der Waals surface area contributed by atoms with Crippen molar-refractivity contribution >= 4 is 28.7 Å². The second-order valence-corrected chi connectivity index (χ2v) is 19.5. The van der Waals surface area contributed by atoms with E-state index in [2.05, 4.69) is 73.7 Å². The minimum atomic E-state index is -0.123. The van der Waals surface area contributed by atoms with Crippen molar-refractivity contribution in [3.63, 3.8) is 0 Å². The van der Waals surface area contributed by atoms with Crippen molar-refractivity contribution in [2.75, 3.05) is 88.6 Å². The number of carbonyl (C=O) groups is 1. The minimum absolute atomic E-state index is 0.102. The first-order chi connectivity index (χ1) is 33.8. The zero-order valence-corrected chi connectivity index (χ0v) is 39.7. The van der Waals surface area contributed by atoms with Crippen molar-refractivity contribution < 1.29 is 14.3 Å². The molecule has 0 spiro atoms. The third-order valence-electron chi connectivity index (χ3n) is 14.7. The molecule has 0 amide bonds. The molecule has 6 aromatic heterocycles. The molecule has 12 heterocycles. The van der Waals surface area contributed by atoms with Gasteiger partial charge in [-0.05, 0) is 69.7 Å². The van der Waals surface area contributed by atoms with Crippen LogP contribution >= 0.6 is 0 Å². The van der Waals surface area contributed by atoms with E-state index in [1.807, 2.05) is 12.4 Å². The van der Waals surface area contributed by atoms with Gasteiger partial charge < -0.3 is 34.6 Å². The van der Waals surface area contributed by atoms with Gasteiger partial charge in [-0.3, -0.25) is 19.3 Å². The monoisotopic (exact) mass is 945 g/mol. The first-order valence-corrected chi connectivity index (χ1v) is 24.9. The van der Waals surface area contributed by atoms with Crippen LogP contribution in [0.25, 0.3) is 11.0 Å². The van der Waals surface area contributed by atoms with Crippen LogP contribution < -0.4 is 26.2 Å². The number of carbonyl (C=O) groups excluding carboxylic acids is 1. The highest BCUT2D eigenvalue weighted by molar-refractivity contribution is 5.69. The number of H-pyrrole nitrogens is 2. The molecule has 3 N–H and O–H groups in total. The quantitative estimate of drug-likeness (QED) is 0.176. The summed E-state index contributed by atoms with van der Waals surface area (Å²) in [5.41, 5.74) is 2.95. The number of hydrogen-bond donors (Lipinski definition) is 3. The van der Waals surface area contributed by atoms with Gasteiger partial charge in [0.1, 0.15) is 29.1 Å². The molecule has 6 aliphatic heterocycles. The van der Waals surface area contributed by atoms with Crippen LogP contribution in [0.4, 0.5) is 11.4 Å². The number of imidazole rings is 2. The number of nitrogens with one attached hydrogen (secondary N) is 3. The minimum Gasteiger partial charge on any atom is -0.381 e. The highest BCUT2D eigenvalue weighted by atomic mass is 16.5. The molecular weight excluding hydrogens is 881 g/mol. The summed E-state index contributed by atoms with van der Waals surface area (Å²) < 4.78 is 14.5. The Balaban J connectivity index is 0.000000134. The lowest BCUT2D eigenvalue weighted by molar-refractivity contribution is 0.0831. The number of likely N-dealkylation sites (tertiary alicyclic amines) is 1. The van der Waals surface area contributed by atoms with E-state index >= 15 is 0 Å². The molecule has 21 nitrogen and oxygen atoms in total. The number of hydrogen-bond acceptors (Lipinski definition) is 17. The number of fused-ring (bicyclic) bond motifs is 2. The Kier molecular flexibility index (Phi) is 14.4. The molecule has 4 unspecified atom stereocenters. The fraction of sp³-hybridized carbons (Fsp3) is 0.604. The number of aldehydes is 1. The van der Waals surface area contributed by atoms with Crippen LogP contribution in [-0.2, 0) is 16.0 Å². The summed E-state index contributed by atoms with van der Waals surface area (Å²) in [5, 5.41) is 13.0. The van der Waals surface area contributed by atoms with Crippen molar-refractivity contribution in [2.24, 2.45) is 11.8 Å². The molecule has 6 aliphatic rings. The molecule has 0 bridgehead atoms. The van der Waals surface area contributed by atoms with E-state index in [0.717, 1.165) is 145 Å². The van der Waals surface area contributed by atoms with Gasteiger partial charge in [0.25, 0.3) is 11.1 Å². The van der Waals surface area contributed by atoms with Gasteiger partial charge in [-0.2, -0.15) is 10.2 Å². The Morgan fingerprint density at radius 2 is 1.10 bits per heavy atom. The SMILES string of the molecule is CC1CN(Cc2ncc(N3CCCC3)cn2)CC1c1nn2c(C3CCOCC3)ncc2c(=O)[nH]1.CC1CNCC1c1nn2c(C3CCOCC3)ncc2c(=O)[nH]1.O=Cc1ncc(N2CCCC2)cn1. The molecule has 4 atom stereocenters. The molecule has 0 aromatic carbocycles. The number of anilines is 2. The summed E-state index contributed by atoms with van der Waals surface area (Å²) in [6.07, 6.45) is 19.9. The molecule has 0 radical (unpaired) electrons. The lowest BCUT2D eigenvalue weighted by Crippen LogP contribution is -2.24. The fourth-order valence-corrected chi connectivity index (χ4v) is 10.7. The lowest BCUT2D eigenvalue weighted by atomic mass is 9.97. The number of aromatic nitrogens is 12. The maximum Gasteiger partial charge on any atom is 0.276 e. The van der Waals surface area contributed by atoms with Crippen LogP contribution in [-0.4, -0.2) is 149 Å².